The largest absolute Gasteiger partial charge is 0.316 e. The van der Waals surface area contributed by atoms with Gasteiger partial charge in [-0.1, -0.05) is 0 Å². The molecule has 3 aliphatic heterocycles. The first-order valence-corrected chi connectivity index (χ1v) is 9.61. The van der Waals surface area contributed by atoms with Crippen LogP contribution in [0.2, 0.25) is 0 Å². The number of nitrogens with one attached hydrogen (secondary N) is 1. The van der Waals surface area contributed by atoms with Crippen LogP contribution in [0.4, 0.5) is 0 Å². The maximum Gasteiger partial charge on any atom is 0.218 e. The van der Waals surface area contributed by atoms with Gasteiger partial charge in [0.05, 0.1) is 16.8 Å². The fourth-order valence-corrected chi connectivity index (χ4v) is 7.87. The first-order valence-electron chi connectivity index (χ1n) is 6.28. The third-order valence-electron chi connectivity index (χ3n) is 4.33. The Morgan fingerprint density at radius 3 is 2.22 bits per heavy atom. The molecule has 3 heterocycles. The van der Waals surface area contributed by atoms with Gasteiger partial charge in [-0.15, -0.1) is 0 Å². The Hall–Kier alpha value is -0.180. The first kappa shape index (κ1) is 12.8. The molecule has 3 atom stereocenters. The molecule has 8 heteroatoms. The van der Waals surface area contributed by atoms with Crippen molar-refractivity contribution >= 4 is 19.9 Å². The van der Waals surface area contributed by atoms with Gasteiger partial charge in [-0.3, -0.25) is 0 Å². The van der Waals surface area contributed by atoms with E-state index in [4.69, 9.17) is 0 Å². The van der Waals surface area contributed by atoms with Crippen LogP contribution in [-0.2, 0) is 19.9 Å². The summed E-state index contributed by atoms with van der Waals surface area (Å²) in [7, 11) is -6.57. The highest BCUT2D eigenvalue weighted by Crippen LogP contribution is 2.31. The van der Waals surface area contributed by atoms with E-state index in [9.17, 15) is 16.8 Å². The van der Waals surface area contributed by atoms with Gasteiger partial charge in [0.25, 0.3) is 0 Å². The van der Waals surface area contributed by atoms with Gasteiger partial charge in [0, 0.05) is 13.1 Å². The quantitative estimate of drug-likeness (QED) is 0.681. The SMILES string of the molecule is O=S1(=O)CCC(S(=O)(=O)N2CC3CNCC3C2)C1. The van der Waals surface area contributed by atoms with Crippen molar-refractivity contribution in [3.63, 3.8) is 0 Å². The van der Waals surface area contributed by atoms with Gasteiger partial charge >= 0.3 is 0 Å². The molecule has 0 aromatic rings. The Balaban J connectivity index is 1.76. The fraction of sp³-hybridized carbons (Fsp3) is 1.00. The number of rotatable bonds is 2. The molecule has 3 unspecified atom stereocenters. The summed E-state index contributed by atoms with van der Waals surface area (Å²) in [6.07, 6.45) is 0.259. The van der Waals surface area contributed by atoms with Crippen molar-refractivity contribution in [3.05, 3.63) is 0 Å². The monoisotopic (exact) mass is 294 g/mol. The van der Waals surface area contributed by atoms with Crippen LogP contribution in [0.1, 0.15) is 6.42 Å². The van der Waals surface area contributed by atoms with Crippen molar-refractivity contribution in [2.75, 3.05) is 37.7 Å². The summed E-state index contributed by atoms with van der Waals surface area (Å²) < 4.78 is 49.1. The molecule has 0 spiro atoms. The first-order chi connectivity index (χ1) is 8.38. The van der Waals surface area contributed by atoms with Gasteiger partial charge in [-0.05, 0) is 31.3 Å². The molecule has 6 nitrogen and oxygen atoms in total. The zero-order chi connectivity index (χ0) is 13.0. The van der Waals surface area contributed by atoms with Gasteiger partial charge < -0.3 is 5.32 Å². The lowest BCUT2D eigenvalue weighted by molar-refractivity contribution is 0.440. The number of fused-ring (bicyclic) bond motifs is 1. The predicted octanol–water partition coefficient (Wildman–Crippen LogP) is -1.35. The van der Waals surface area contributed by atoms with Gasteiger partial charge in [-0.2, -0.15) is 0 Å². The molecule has 0 bridgehead atoms. The molecule has 0 aromatic heterocycles. The normalized spacial score (nSPS) is 40.1. The minimum Gasteiger partial charge on any atom is -0.316 e. The molecule has 1 N–H and O–H groups in total. The predicted molar refractivity (Wildman–Crippen MR) is 67.4 cm³/mol. The van der Waals surface area contributed by atoms with E-state index >= 15 is 0 Å². The van der Waals surface area contributed by atoms with Crippen LogP contribution in [0.15, 0.2) is 0 Å². The Bertz CT molecular complexity index is 530. The Morgan fingerprint density at radius 2 is 1.72 bits per heavy atom. The van der Waals surface area contributed by atoms with E-state index < -0.39 is 25.1 Å². The molecule has 18 heavy (non-hydrogen) atoms. The van der Waals surface area contributed by atoms with Crippen LogP contribution in [0.5, 0.6) is 0 Å². The van der Waals surface area contributed by atoms with Crippen molar-refractivity contribution in [1.29, 1.82) is 0 Å². The summed E-state index contributed by atoms with van der Waals surface area (Å²) in [4.78, 5) is 0. The average Bonchev–Trinajstić information content (AvgIpc) is 2.89. The molecule has 3 fully saturated rings. The number of sulfonamides is 1. The number of sulfone groups is 1. The van der Waals surface area contributed by atoms with Gasteiger partial charge in [0.1, 0.15) is 0 Å². The average molecular weight is 294 g/mol. The molecule has 0 aromatic carbocycles. The van der Waals surface area contributed by atoms with E-state index in [1.807, 2.05) is 0 Å². The minimum atomic E-state index is -3.43. The Labute approximate surface area is 108 Å². The Kier molecular flexibility index (Phi) is 2.96. The van der Waals surface area contributed by atoms with Crippen molar-refractivity contribution in [2.45, 2.75) is 11.7 Å². The summed E-state index contributed by atoms with van der Waals surface area (Å²) in [6, 6.07) is 0. The molecule has 3 rings (SSSR count). The number of hydrogen-bond donors (Lipinski definition) is 1. The van der Waals surface area contributed by atoms with Gasteiger partial charge in [0.2, 0.25) is 10.0 Å². The molecule has 104 valence electrons. The second-order valence-electron chi connectivity index (χ2n) is 5.57. The van der Waals surface area contributed by atoms with E-state index in [0.717, 1.165) is 13.1 Å². The molecule has 0 saturated carbocycles. The van der Waals surface area contributed by atoms with Crippen molar-refractivity contribution in [2.24, 2.45) is 11.8 Å². The van der Waals surface area contributed by atoms with Crippen LogP contribution < -0.4 is 5.32 Å². The third kappa shape index (κ3) is 2.09. The van der Waals surface area contributed by atoms with E-state index in [1.165, 1.54) is 4.31 Å². The molecule has 3 saturated heterocycles. The second-order valence-corrected chi connectivity index (χ2v) is 10.0. The smallest absolute Gasteiger partial charge is 0.218 e. The highest BCUT2D eigenvalue weighted by atomic mass is 32.2. The van der Waals surface area contributed by atoms with Crippen LogP contribution in [0.3, 0.4) is 0 Å². The van der Waals surface area contributed by atoms with E-state index in [0.29, 0.717) is 24.9 Å². The highest BCUT2D eigenvalue weighted by molar-refractivity contribution is 7.95. The standard InChI is InChI=1S/C10H18N2O4S2/c13-17(14)2-1-10(7-17)18(15,16)12-5-8-3-11-4-9(8)6-12/h8-11H,1-7H2. The maximum atomic E-state index is 12.4. The molecule has 0 amide bonds. The molecular weight excluding hydrogens is 276 g/mol. The van der Waals surface area contributed by atoms with E-state index in [1.54, 1.807) is 0 Å². The summed E-state index contributed by atoms with van der Waals surface area (Å²) in [5.41, 5.74) is 0. The number of hydrogen-bond acceptors (Lipinski definition) is 5. The van der Waals surface area contributed by atoms with Crippen LogP contribution in [0.25, 0.3) is 0 Å². The third-order valence-corrected chi connectivity index (χ3v) is 8.57. The Morgan fingerprint density at radius 1 is 1.11 bits per heavy atom. The van der Waals surface area contributed by atoms with Crippen LogP contribution >= 0.6 is 0 Å². The van der Waals surface area contributed by atoms with Crippen molar-refractivity contribution in [3.8, 4) is 0 Å². The molecule has 3 aliphatic rings. The van der Waals surface area contributed by atoms with E-state index in [-0.39, 0.29) is 17.9 Å². The molecule has 0 radical (unpaired) electrons. The van der Waals surface area contributed by atoms with E-state index in [2.05, 4.69) is 5.32 Å². The minimum absolute atomic E-state index is 0.0130. The van der Waals surface area contributed by atoms with Crippen LogP contribution in [0, 0.1) is 11.8 Å². The van der Waals surface area contributed by atoms with Gasteiger partial charge in [-0.25, -0.2) is 21.1 Å². The molecule has 0 aliphatic carbocycles. The lowest BCUT2D eigenvalue weighted by Crippen LogP contribution is -2.39. The fourth-order valence-electron chi connectivity index (χ4n) is 3.23. The maximum absolute atomic E-state index is 12.4. The summed E-state index contributed by atoms with van der Waals surface area (Å²) in [5, 5.41) is 2.55. The lowest BCUT2D eigenvalue weighted by Gasteiger charge is -2.21. The van der Waals surface area contributed by atoms with Crippen molar-refractivity contribution < 1.29 is 16.8 Å². The topological polar surface area (TPSA) is 83.5 Å². The summed E-state index contributed by atoms with van der Waals surface area (Å²) in [5.74, 6) is 0.619. The second kappa shape index (κ2) is 4.16. The van der Waals surface area contributed by atoms with Crippen molar-refractivity contribution in [1.82, 2.24) is 9.62 Å². The summed E-state index contributed by atoms with van der Waals surface area (Å²) in [6.45, 7) is 2.85. The summed E-state index contributed by atoms with van der Waals surface area (Å²) >= 11 is 0. The van der Waals surface area contributed by atoms with Crippen LogP contribution in [-0.4, -0.2) is 64.1 Å². The zero-order valence-corrected chi connectivity index (χ0v) is 11.7. The zero-order valence-electron chi connectivity index (χ0n) is 10.1. The lowest BCUT2D eigenvalue weighted by atomic mass is 10.0. The number of nitrogens with zero attached hydrogens (tertiary/aromatic N) is 1. The van der Waals surface area contributed by atoms with Gasteiger partial charge in [0.15, 0.2) is 9.84 Å². The molecular formula is C10H18N2O4S2. The highest BCUT2D eigenvalue weighted by Gasteiger charge is 2.46.